The standard InChI is InChI=1S/C17H15NO4/c1-3-14-16(11-7-9-12(10-8-11)18(19)20)13-5-4-6-15(21-2)17(13)22-14/h4-10H,3H2,1-2H3. The van der Waals surface area contributed by atoms with E-state index in [1.807, 2.05) is 25.1 Å². The van der Waals surface area contributed by atoms with Crippen molar-refractivity contribution < 1.29 is 14.1 Å². The minimum absolute atomic E-state index is 0.0761. The molecule has 5 heteroatoms. The van der Waals surface area contributed by atoms with Crippen LogP contribution in [0.2, 0.25) is 0 Å². The number of hydrogen-bond donors (Lipinski definition) is 0. The van der Waals surface area contributed by atoms with E-state index < -0.39 is 4.92 Å². The number of nitrogens with zero attached hydrogens (tertiary/aromatic N) is 1. The molecule has 22 heavy (non-hydrogen) atoms. The van der Waals surface area contributed by atoms with E-state index in [1.54, 1.807) is 19.2 Å². The summed E-state index contributed by atoms with van der Waals surface area (Å²) in [4.78, 5) is 10.4. The average molecular weight is 297 g/mol. The molecule has 0 aliphatic carbocycles. The number of non-ortho nitro benzene ring substituents is 1. The molecule has 3 rings (SSSR count). The van der Waals surface area contributed by atoms with Gasteiger partial charge in [0.15, 0.2) is 11.3 Å². The maximum Gasteiger partial charge on any atom is 0.269 e. The molecule has 3 aromatic rings. The Balaban J connectivity index is 2.23. The number of nitro benzene ring substituents is 1. The van der Waals surface area contributed by atoms with E-state index in [0.717, 1.165) is 28.7 Å². The predicted octanol–water partition coefficient (Wildman–Crippen LogP) is 4.58. The molecule has 112 valence electrons. The molecular formula is C17H15NO4. The van der Waals surface area contributed by atoms with E-state index in [2.05, 4.69) is 0 Å². The molecule has 0 radical (unpaired) electrons. The lowest BCUT2D eigenvalue weighted by Gasteiger charge is -2.02. The summed E-state index contributed by atoms with van der Waals surface area (Å²) in [7, 11) is 1.61. The van der Waals surface area contributed by atoms with E-state index in [9.17, 15) is 10.1 Å². The van der Waals surface area contributed by atoms with Crippen molar-refractivity contribution in [2.75, 3.05) is 7.11 Å². The average Bonchev–Trinajstić information content (AvgIpc) is 2.93. The van der Waals surface area contributed by atoms with E-state index >= 15 is 0 Å². The van der Waals surface area contributed by atoms with Crippen molar-refractivity contribution in [3.63, 3.8) is 0 Å². The van der Waals surface area contributed by atoms with Gasteiger partial charge in [-0.1, -0.05) is 19.1 Å². The summed E-state index contributed by atoms with van der Waals surface area (Å²) in [5.41, 5.74) is 2.64. The molecule has 0 bridgehead atoms. The largest absolute Gasteiger partial charge is 0.493 e. The third kappa shape index (κ3) is 2.20. The maximum absolute atomic E-state index is 10.8. The van der Waals surface area contributed by atoms with E-state index in [1.165, 1.54) is 12.1 Å². The Labute approximate surface area is 127 Å². The van der Waals surface area contributed by atoms with Gasteiger partial charge in [-0.2, -0.15) is 0 Å². The number of aryl methyl sites for hydroxylation is 1. The van der Waals surface area contributed by atoms with Crippen LogP contribution in [0.3, 0.4) is 0 Å². The van der Waals surface area contributed by atoms with Crippen molar-refractivity contribution in [1.82, 2.24) is 0 Å². The molecule has 0 spiro atoms. The fourth-order valence-electron chi connectivity index (χ4n) is 2.62. The van der Waals surface area contributed by atoms with Gasteiger partial charge < -0.3 is 9.15 Å². The summed E-state index contributed by atoms with van der Waals surface area (Å²) in [6.07, 6.45) is 0.726. The molecule has 0 atom stereocenters. The summed E-state index contributed by atoms with van der Waals surface area (Å²) in [5, 5.41) is 11.7. The number of rotatable bonds is 4. The molecule has 0 saturated heterocycles. The van der Waals surface area contributed by atoms with Gasteiger partial charge in [-0.3, -0.25) is 10.1 Å². The number of benzene rings is 2. The highest BCUT2D eigenvalue weighted by Gasteiger charge is 2.18. The van der Waals surface area contributed by atoms with Crippen LogP contribution in [-0.2, 0) is 6.42 Å². The first kappa shape index (κ1) is 14.1. The fourth-order valence-corrected chi connectivity index (χ4v) is 2.62. The zero-order valence-corrected chi connectivity index (χ0v) is 12.3. The van der Waals surface area contributed by atoms with E-state index in [-0.39, 0.29) is 5.69 Å². The molecule has 1 aromatic heterocycles. The topological polar surface area (TPSA) is 65.5 Å². The van der Waals surface area contributed by atoms with Crippen LogP contribution in [0.4, 0.5) is 5.69 Å². The van der Waals surface area contributed by atoms with Gasteiger partial charge in [0.05, 0.1) is 12.0 Å². The van der Waals surface area contributed by atoms with Gasteiger partial charge in [0.1, 0.15) is 5.76 Å². The first-order valence-electron chi connectivity index (χ1n) is 6.99. The SMILES string of the molecule is CCc1oc2c(OC)cccc2c1-c1ccc([N+](=O)[O-])cc1. The van der Waals surface area contributed by atoms with Gasteiger partial charge in [0, 0.05) is 29.5 Å². The Morgan fingerprint density at radius 2 is 1.91 bits per heavy atom. The monoisotopic (exact) mass is 297 g/mol. The van der Waals surface area contributed by atoms with Gasteiger partial charge in [-0.05, 0) is 23.8 Å². The van der Waals surface area contributed by atoms with E-state index in [0.29, 0.717) is 11.3 Å². The Kier molecular flexibility index (Phi) is 3.55. The summed E-state index contributed by atoms with van der Waals surface area (Å²) in [6, 6.07) is 12.2. The van der Waals surface area contributed by atoms with Crippen LogP contribution < -0.4 is 4.74 Å². The number of nitro groups is 1. The Morgan fingerprint density at radius 3 is 2.50 bits per heavy atom. The molecule has 0 amide bonds. The van der Waals surface area contributed by atoms with Crippen molar-refractivity contribution in [3.05, 3.63) is 58.3 Å². The first-order valence-corrected chi connectivity index (χ1v) is 6.99. The molecule has 2 aromatic carbocycles. The second kappa shape index (κ2) is 5.52. The second-order valence-electron chi connectivity index (χ2n) is 4.89. The van der Waals surface area contributed by atoms with Crippen LogP contribution >= 0.6 is 0 Å². The van der Waals surface area contributed by atoms with Crippen LogP contribution in [0.25, 0.3) is 22.1 Å². The molecule has 0 fully saturated rings. The van der Waals surface area contributed by atoms with Crippen molar-refractivity contribution in [2.24, 2.45) is 0 Å². The van der Waals surface area contributed by atoms with Crippen LogP contribution in [0.5, 0.6) is 5.75 Å². The van der Waals surface area contributed by atoms with Crippen LogP contribution in [-0.4, -0.2) is 12.0 Å². The lowest BCUT2D eigenvalue weighted by atomic mass is 10.0. The molecule has 0 N–H and O–H groups in total. The third-order valence-corrected chi connectivity index (χ3v) is 3.66. The molecule has 0 aliphatic heterocycles. The molecule has 0 aliphatic rings. The number of furan rings is 1. The van der Waals surface area contributed by atoms with Gasteiger partial charge >= 0.3 is 0 Å². The van der Waals surface area contributed by atoms with Crippen molar-refractivity contribution in [2.45, 2.75) is 13.3 Å². The van der Waals surface area contributed by atoms with Crippen molar-refractivity contribution >= 4 is 16.7 Å². The number of ether oxygens (including phenoxy) is 1. The number of para-hydroxylation sites is 1. The van der Waals surface area contributed by atoms with Crippen LogP contribution in [0.1, 0.15) is 12.7 Å². The third-order valence-electron chi connectivity index (χ3n) is 3.66. The van der Waals surface area contributed by atoms with Gasteiger partial charge in [0.25, 0.3) is 5.69 Å². The van der Waals surface area contributed by atoms with Gasteiger partial charge in [-0.15, -0.1) is 0 Å². The molecule has 1 heterocycles. The van der Waals surface area contributed by atoms with Gasteiger partial charge in [-0.25, -0.2) is 0 Å². The molecule has 0 unspecified atom stereocenters. The summed E-state index contributed by atoms with van der Waals surface area (Å²) < 4.78 is 11.3. The zero-order valence-electron chi connectivity index (χ0n) is 12.3. The summed E-state index contributed by atoms with van der Waals surface area (Å²) >= 11 is 0. The van der Waals surface area contributed by atoms with Gasteiger partial charge in [0.2, 0.25) is 0 Å². The Hall–Kier alpha value is -2.82. The normalized spacial score (nSPS) is 10.8. The highest BCUT2D eigenvalue weighted by Crippen LogP contribution is 2.39. The summed E-state index contributed by atoms with van der Waals surface area (Å²) in [6.45, 7) is 2.01. The summed E-state index contributed by atoms with van der Waals surface area (Å²) in [5.74, 6) is 1.52. The Morgan fingerprint density at radius 1 is 1.18 bits per heavy atom. The Bertz CT molecular complexity index is 834. The number of hydrogen-bond acceptors (Lipinski definition) is 4. The second-order valence-corrected chi connectivity index (χ2v) is 4.89. The highest BCUT2D eigenvalue weighted by molar-refractivity contribution is 5.98. The zero-order chi connectivity index (χ0) is 15.7. The lowest BCUT2D eigenvalue weighted by Crippen LogP contribution is -1.88. The van der Waals surface area contributed by atoms with Crippen LogP contribution in [0, 0.1) is 10.1 Å². The highest BCUT2D eigenvalue weighted by atomic mass is 16.6. The number of methoxy groups -OCH3 is 1. The smallest absolute Gasteiger partial charge is 0.269 e. The predicted molar refractivity (Wildman–Crippen MR) is 84.2 cm³/mol. The molecular weight excluding hydrogens is 282 g/mol. The van der Waals surface area contributed by atoms with Crippen molar-refractivity contribution in [3.8, 4) is 16.9 Å². The minimum Gasteiger partial charge on any atom is -0.493 e. The quantitative estimate of drug-likeness (QED) is 0.522. The van der Waals surface area contributed by atoms with Crippen LogP contribution in [0.15, 0.2) is 46.9 Å². The minimum atomic E-state index is -0.402. The van der Waals surface area contributed by atoms with Crippen molar-refractivity contribution in [1.29, 1.82) is 0 Å². The lowest BCUT2D eigenvalue weighted by molar-refractivity contribution is -0.384. The maximum atomic E-state index is 10.8. The number of fused-ring (bicyclic) bond motifs is 1. The molecule has 5 nitrogen and oxygen atoms in total. The fraction of sp³-hybridized carbons (Fsp3) is 0.176. The first-order chi connectivity index (χ1) is 10.7. The molecule has 0 saturated carbocycles. The van der Waals surface area contributed by atoms with E-state index in [4.69, 9.17) is 9.15 Å².